The number of carboxylic acids is 1. The zero-order valence-corrected chi connectivity index (χ0v) is 16.3. The van der Waals surface area contributed by atoms with E-state index in [2.05, 4.69) is 13.0 Å². The van der Waals surface area contributed by atoms with E-state index >= 15 is 0 Å². The summed E-state index contributed by atoms with van der Waals surface area (Å²) < 4.78 is 0. The SMILES string of the molecule is CC(=O)N1CC2(CCN(C(=O)Cc3ccc(C)c(C)c3)CC2)CC1C(=O)O. The van der Waals surface area contributed by atoms with E-state index in [-0.39, 0.29) is 17.2 Å². The average Bonchev–Trinajstić information content (AvgIpc) is 2.99. The number of nitrogens with zero attached hydrogens (tertiary/aromatic N) is 2. The first-order chi connectivity index (χ1) is 12.7. The van der Waals surface area contributed by atoms with Gasteiger partial charge in [0.1, 0.15) is 6.04 Å². The molecular weight excluding hydrogens is 344 g/mol. The van der Waals surface area contributed by atoms with Gasteiger partial charge in [0.2, 0.25) is 11.8 Å². The Hall–Kier alpha value is -2.37. The van der Waals surface area contributed by atoms with Crippen LogP contribution in [0.15, 0.2) is 18.2 Å². The number of hydrogen-bond donors (Lipinski definition) is 1. The molecule has 2 aliphatic heterocycles. The number of carbonyl (C=O) groups is 3. The molecule has 2 fully saturated rings. The molecule has 3 rings (SSSR count). The lowest BCUT2D eigenvalue weighted by atomic mass is 9.76. The highest BCUT2D eigenvalue weighted by atomic mass is 16.4. The Bertz CT molecular complexity index is 741. The van der Waals surface area contributed by atoms with Gasteiger partial charge in [-0.1, -0.05) is 18.2 Å². The Balaban J connectivity index is 1.61. The smallest absolute Gasteiger partial charge is 0.326 e. The first-order valence-corrected chi connectivity index (χ1v) is 9.55. The molecule has 2 saturated heterocycles. The molecule has 0 aliphatic carbocycles. The number of rotatable bonds is 3. The molecule has 2 aliphatic rings. The molecule has 0 aromatic heterocycles. The number of benzene rings is 1. The van der Waals surface area contributed by atoms with Gasteiger partial charge in [0.25, 0.3) is 0 Å². The molecule has 1 unspecified atom stereocenters. The van der Waals surface area contributed by atoms with Gasteiger partial charge >= 0.3 is 5.97 Å². The lowest BCUT2D eigenvalue weighted by Gasteiger charge is -2.39. The Morgan fingerprint density at radius 1 is 1.15 bits per heavy atom. The molecule has 1 spiro atoms. The quantitative estimate of drug-likeness (QED) is 0.882. The van der Waals surface area contributed by atoms with Crippen molar-refractivity contribution < 1.29 is 19.5 Å². The minimum absolute atomic E-state index is 0.115. The van der Waals surface area contributed by atoms with Crippen molar-refractivity contribution in [1.29, 1.82) is 0 Å². The molecule has 6 nitrogen and oxygen atoms in total. The van der Waals surface area contributed by atoms with Crippen LogP contribution in [0.3, 0.4) is 0 Å². The fourth-order valence-electron chi connectivity index (χ4n) is 4.40. The molecule has 1 N–H and O–H groups in total. The van der Waals surface area contributed by atoms with E-state index < -0.39 is 12.0 Å². The topological polar surface area (TPSA) is 77.9 Å². The van der Waals surface area contributed by atoms with Crippen LogP contribution in [0.2, 0.25) is 0 Å². The Kier molecular flexibility index (Phi) is 5.27. The number of piperidine rings is 1. The van der Waals surface area contributed by atoms with Crippen molar-refractivity contribution in [3.8, 4) is 0 Å². The highest BCUT2D eigenvalue weighted by Gasteiger charge is 2.49. The molecule has 6 heteroatoms. The third-order valence-electron chi connectivity index (χ3n) is 6.30. The average molecular weight is 372 g/mol. The second-order valence-corrected chi connectivity index (χ2v) is 8.18. The molecule has 27 heavy (non-hydrogen) atoms. The number of hydrogen-bond acceptors (Lipinski definition) is 3. The standard InChI is InChI=1S/C21H28N2O4/c1-14-4-5-17(10-15(14)2)11-19(25)22-8-6-21(7-9-22)12-18(20(26)27)23(13-21)16(3)24/h4-5,10,18H,6-9,11-13H2,1-3H3,(H,26,27). The van der Waals surface area contributed by atoms with Crippen molar-refractivity contribution in [1.82, 2.24) is 9.80 Å². The number of aryl methyl sites for hydroxylation is 2. The largest absolute Gasteiger partial charge is 0.480 e. The number of likely N-dealkylation sites (tertiary alicyclic amines) is 2. The van der Waals surface area contributed by atoms with Gasteiger partial charge in [-0.2, -0.15) is 0 Å². The van der Waals surface area contributed by atoms with Crippen LogP contribution >= 0.6 is 0 Å². The Morgan fingerprint density at radius 2 is 1.81 bits per heavy atom. The van der Waals surface area contributed by atoms with Gasteiger partial charge in [-0.25, -0.2) is 4.79 Å². The van der Waals surface area contributed by atoms with Crippen LogP contribution in [0.4, 0.5) is 0 Å². The van der Waals surface area contributed by atoms with Crippen molar-refractivity contribution in [3.63, 3.8) is 0 Å². The van der Waals surface area contributed by atoms with Crippen LogP contribution in [-0.2, 0) is 20.8 Å². The van der Waals surface area contributed by atoms with Gasteiger partial charge in [-0.3, -0.25) is 9.59 Å². The zero-order chi connectivity index (χ0) is 19.8. The summed E-state index contributed by atoms with van der Waals surface area (Å²) in [5.74, 6) is -1.01. The molecule has 1 atom stereocenters. The van der Waals surface area contributed by atoms with Crippen molar-refractivity contribution in [2.45, 2.75) is 52.5 Å². The van der Waals surface area contributed by atoms with Crippen LogP contribution < -0.4 is 0 Å². The van der Waals surface area contributed by atoms with Crippen LogP contribution in [0.25, 0.3) is 0 Å². The van der Waals surface area contributed by atoms with Crippen LogP contribution in [0, 0.1) is 19.3 Å². The second-order valence-electron chi connectivity index (χ2n) is 8.18. The van der Waals surface area contributed by atoms with Gasteiger partial charge in [0.05, 0.1) is 6.42 Å². The number of aliphatic carboxylic acids is 1. The monoisotopic (exact) mass is 372 g/mol. The van der Waals surface area contributed by atoms with Gasteiger partial charge in [-0.05, 0) is 55.2 Å². The minimum Gasteiger partial charge on any atom is -0.480 e. The van der Waals surface area contributed by atoms with E-state index in [1.165, 1.54) is 23.0 Å². The summed E-state index contributed by atoms with van der Waals surface area (Å²) in [5, 5.41) is 9.43. The summed E-state index contributed by atoms with van der Waals surface area (Å²) in [7, 11) is 0. The molecule has 146 valence electrons. The summed E-state index contributed by atoms with van der Waals surface area (Å²) in [4.78, 5) is 39.4. The third kappa shape index (κ3) is 3.99. The van der Waals surface area contributed by atoms with E-state index in [0.29, 0.717) is 32.5 Å². The van der Waals surface area contributed by atoms with E-state index in [4.69, 9.17) is 0 Å². The minimum atomic E-state index is -0.935. The normalized spacial score (nSPS) is 21.5. The molecular formula is C21H28N2O4. The molecule has 2 amide bonds. The van der Waals surface area contributed by atoms with Gasteiger partial charge < -0.3 is 14.9 Å². The highest BCUT2D eigenvalue weighted by molar-refractivity contribution is 5.83. The summed E-state index contributed by atoms with van der Waals surface area (Å²) in [5.41, 5.74) is 3.26. The van der Waals surface area contributed by atoms with Crippen molar-refractivity contribution in [2.75, 3.05) is 19.6 Å². The molecule has 0 bridgehead atoms. The summed E-state index contributed by atoms with van der Waals surface area (Å²) in [6.45, 7) is 7.27. The Morgan fingerprint density at radius 3 is 2.33 bits per heavy atom. The lowest BCUT2D eigenvalue weighted by Crippen LogP contribution is -2.45. The fourth-order valence-corrected chi connectivity index (χ4v) is 4.40. The second kappa shape index (κ2) is 7.33. The lowest BCUT2D eigenvalue weighted by molar-refractivity contribution is -0.147. The van der Waals surface area contributed by atoms with E-state index in [1.54, 1.807) is 0 Å². The summed E-state index contributed by atoms with van der Waals surface area (Å²) in [6, 6.07) is 5.38. The number of carbonyl (C=O) groups excluding carboxylic acids is 2. The summed E-state index contributed by atoms with van der Waals surface area (Å²) >= 11 is 0. The summed E-state index contributed by atoms with van der Waals surface area (Å²) in [6.07, 6.45) is 2.38. The number of carboxylic acid groups (broad SMARTS) is 1. The van der Waals surface area contributed by atoms with Crippen LogP contribution in [-0.4, -0.2) is 58.4 Å². The van der Waals surface area contributed by atoms with Crippen molar-refractivity contribution in [2.24, 2.45) is 5.41 Å². The first-order valence-electron chi connectivity index (χ1n) is 9.55. The molecule has 0 radical (unpaired) electrons. The molecule has 1 aromatic carbocycles. The van der Waals surface area contributed by atoms with E-state index in [1.807, 2.05) is 24.0 Å². The van der Waals surface area contributed by atoms with E-state index in [0.717, 1.165) is 18.4 Å². The third-order valence-corrected chi connectivity index (χ3v) is 6.30. The fraction of sp³-hybridized carbons (Fsp3) is 0.571. The maximum atomic E-state index is 12.7. The predicted molar refractivity (Wildman–Crippen MR) is 101 cm³/mol. The first kappa shape index (κ1) is 19.4. The van der Waals surface area contributed by atoms with Crippen molar-refractivity contribution >= 4 is 17.8 Å². The number of amides is 2. The van der Waals surface area contributed by atoms with Gasteiger partial charge in [-0.15, -0.1) is 0 Å². The Labute approximate surface area is 160 Å². The van der Waals surface area contributed by atoms with E-state index in [9.17, 15) is 19.5 Å². The maximum Gasteiger partial charge on any atom is 0.326 e. The molecule has 1 aromatic rings. The maximum absolute atomic E-state index is 12.7. The van der Waals surface area contributed by atoms with Gasteiger partial charge in [0.15, 0.2) is 0 Å². The molecule has 0 saturated carbocycles. The highest BCUT2D eigenvalue weighted by Crippen LogP contribution is 2.43. The van der Waals surface area contributed by atoms with Crippen LogP contribution in [0.1, 0.15) is 42.9 Å². The van der Waals surface area contributed by atoms with Crippen LogP contribution in [0.5, 0.6) is 0 Å². The van der Waals surface area contributed by atoms with Gasteiger partial charge in [0, 0.05) is 26.6 Å². The van der Waals surface area contributed by atoms with Crippen molar-refractivity contribution in [3.05, 3.63) is 34.9 Å². The zero-order valence-electron chi connectivity index (χ0n) is 16.3. The molecule has 2 heterocycles. The predicted octanol–water partition coefficient (Wildman–Crippen LogP) is 2.16.